The molecule has 4 rings (SSSR count). The van der Waals surface area contributed by atoms with Gasteiger partial charge in [0.15, 0.2) is 0 Å². The monoisotopic (exact) mass is 487 g/mol. The number of para-hydroxylation sites is 1. The van der Waals surface area contributed by atoms with Crippen LogP contribution in [0.4, 0.5) is 4.79 Å². The van der Waals surface area contributed by atoms with Crippen molar-refractivity contribution in [3.05, 3.63) is 101 Å². The van der Waals surface area contributed by atoms with Crippen molar-refractivity contribution < 1.29 is 28.2 Å². The highest BCUT2D eigenvalue weighted by Gasteiger charge is 2.27. The summed E-state index contributed by atoms with van der Waals surface area (Å²) < 4.78 is 21.9. The zero-order valence-corrected chi connectivity index (χ0v) is 19.8. The maximum atomic E-state index is 12.8. The number of benzene rings is 3. The van der Waals surface area contributed by atoms with E-state index in [1.165, 1.54) is 24.5 Å². The third-order valence-corrected chi connectivity index (χ3v) is 5.31. The molecule has 0 radical (unpaired) electrons. The lowest BCUT2D eigenvalue weighted by molar-refractivity contribution is -0.137. The van der Waals surface area contributed by atoms with Gasteiger partial charge in [-0.05, 0) is 35.7 Å². The molecule has 0 aliphatic rings. The van der Waals surface area contributed by atoms with E-state index in [-0.39, 0.29) is 40.4 Å². The molecule has 0 aliphatic heterocycles. The van der Waals surface area contributed by atoms with Crippen molar-refractivity contribution >= 4 is 23.0 Å². The number of alkyl carbamates (subject to hydrolysis) is 1. The number of hydrogen-bond donors (Lipinski definition) is 1. The second kappa shape index (κ2) is 11.2. The van der Waals surface area contributed by atoms with Gasteiger partial charge in [-0.15, -0.1) is 0 Å². The molecular weight excluding hydrogens is 462 g/mol. The first kappa shape index (κ1) is 24.5. The van der Waals surface area contributed by atoms with E-state index in [2.05, 4.69) is 5.32 Å². The van der Waals surface area contributed by atoms with E-state index in [0.29, 0.717) is 5.75 Å². The van der Waals surface area contributed by atoms with Crippen LogP contribution in [0.25, 0.3) is 11.0 Å². The van der Waals surface area contributed by atoms with Crippen LogP contribution < -0.4 is 20.2 Å². The van der Waals surface area contributed by atoms with Gasteiger partial charge in [0.25, 0.3) is 0 Å². The lowest BCUT2D eigenvalue weighted by Crippen LogP contribution is -2.46. The van der Waals surface area contributed by atoms with Crippen LogP contribution in [0, 0.1) is 5.92 Å². The van der Waals surface area contributed by atoms with Gasteiger partial charge in [0.05, 0.1) is 5.39 Å². The molecule has 1 atom stereocenters. The van der Waals surface area contributed by atoms with Crippen molar-refractivity contribution in [3.63, 3.8) is 0 Å². The topological polar surface area (TPSA) is 104 Å². The molecule has 0 saturated carbocycles. The molecule has 1 unspecified atom stereocenters. The molecule has 1 N–H and O–H groups in total. The van der Waals surface area contributed by atoms with Crippen LogP contribution >= 0.6 is 0 Å². The fourth-order valence-electron chi connectivity index (χ4n) is 3.41. The second-order valence-corrected chi connectivity index (χ2v) is 8.35. The summed E-state index contributed by atoms with van der Waals surface area (Å²) in [5.41, 5.74) is 0.689. The molecule has 1 aromatic heterocycles. The molecule has 184 valence electrons. The molecule has 0 spiro atoms. The van der Waals surface area contributed by atoms with Gasteiger partial charge in [0.1, 0.15) is 36.0 Å². The predicted octanol–water partition coefficient (Wildman–Crippen LogP) is 5.44. The first-order valence-corrected chi connectivity index (χ1v) is 11.4. The summed E-state index contributed by atoms with van der Waals surface area (Å²) in [5, 5.41) is 2.83. The maximum Gasteiger partial charge on any atom is 0.408 e. The lowest BCUT2D eigenvalue weighted by atomic mass is 10.1. The number of carbonyl (C=O) groups is 2. The normalized spacial score (nSPS) is 11.6. The van der Waals surface area contributed by atoms with Crippen LogP contribution in [0.3, 0.4) is 0 Å². The van der Waals surface area contributed by atoms with Gasteiger partial charge in [-0.25, -0.2) is 9.59 Å². The molecule has 0 bridgehead atoms. The third kappa shape index (κ3) is 6.09. The number of amides is 1. The van der Waals surface area contributed by atoms with E-state index in [4.69, 9.17) is 18.6 Å². The number of carbonyl (C=O) groups excluding carboxylic acids is 2. The quantitative estimate of drug-likeness (QED) is 0.261. The minimum Gasteiger partial charge on any atom is -0.460 e. The summed E-state index contributed by atoms with van der Waals surface area (Å²) in [6.45, 7) is 3.63. The van der Waals surface area contributed by atoms with E-state index >= 15 is 0 Å². The molecule has 0 aliphatic carbocycles. The zero-order chi connectivity index (χ0) is 25.5. The van der Waals surface area contributed by atoms with Gasteiger partial charge in [-0.1, -0.05) is 62.4 Å². The molecular formula is C28H25NO7. The average molecular weight is 488 g/mol. The number of esters is 1. The Balaban J connectivity index is 1.43. The van der Waals surface area contributed by atoms with Crippen molar-refractivity contribution in [2.75, 3.05) is 0 Å². The lowest BCUT2D eigenvalue weighted by Gasteiger charge is -2.20. The fraction of sp³-hybridized carbons (Fsp3) is 0.179. The van der Waals surface area contributed by atoms with Crippen LogP contribution in [0.15, 0.2) is 94.3 Å². The fourth-order valence-corrected chi connectivity index (χ4v) is 3.41. The molecule has 1 heterocycles. The molecule has 0 saturated heterocycles. The maximum absolute atomic E-state index is 12.8. The molecule has 0 fully saturated rings. The molecule has 1 amide bonds. The Morgan fingerprint density at radius 2 is 1.61 bits per heavy atom. The highest BCUT2D eigenvalue weighted by Crippen LogP contribution is 2.24. The van der Waals surface area contributed by atoms with Crippen molar-refractivity contribution in [1.82, 2.24) is 5.32 Å². The van der Waals surface area contributed by atoms with E-state index in [9.17, 15) is 14.4 Å². The molecule has 8 heteroatoms. The van der Waals surface area contributed by atoms with Gasteiger partial charge < -0.3 is 23.9 Å². The third-order valence-electron chi connectivity index (χ3n) is 5.31. The Labute approximate surface area is 207 Å². The minimum absolute atomic E-state index is 0.0385. The standard InChI is InChI=1S/C28H25NO7/c1-18(2)25(29-28(32)34-16-19-9-5-3-6-10-19)27(31)36-21-13-14-22-23(15-21)33-17-24(26(22)30)35-20-11-7-4-8-12-20/h3-15,17-18,25H,16H2,1-2H3,(H,29,32). The van der Waals surface area contributed by atoms with Crippen LogP contribution in [0.5, 0.6) is 17.2 Å². The Bertz CT molecular complexity index is 1400. The zero-order valence-electron chi connectivity index (χ0n) is 19.8. The van der Waals surface area contributed by atoms with Gasteiger partial charge in [0, 0.05) is 6.07 Å². The Hall–Kier alpha value is -4.59. The van der Waals surface area contributed by atoms with Crippen LogP contribution in [0.2, 0.25) is 0 Å². The highest BCUT2D eigenvalue weighted by molar-refractivity contribution is 5.85. The van der Waals surface area contributed by atoms with Crippen molar-refractivity contribution in [2.45, 2.75) is 26.5 Å². The Morgan fingerprint density at radius 1 is 0.917 bits per heavy atom. The van der Waals surface area contributed by atoms with Gasteiger partial charge in [-0.2, -0.15) is 0 Å². The first-order valence-electron chi connectivity index (χ1n) is 11.4. The van der Waals surface area contributed by atoms with E-state index in [1.54, 1.807) is 38.1 Å². The van der Waals surface area contributed by atoms with Gasteiger partial charge in [0.2, 0.25) is 11.2 Å². The Morgan fingerprint density at radius 3 is 2.31 bits per heavy atom. The van der Waals surface area contributed by atoms with Crippen molar-refractivity contribution in [2.24, 2.45) is 5.92 Å². The Kier molecular flexibility index (Phi) is 7.65. The van der Waals surface area contributed by atoms with Crippen LogP contribution in [-0.2, 0) is 16.1 Å². The van der Waals surface area contributed by atoms with Crippen molar-refractivity contribution in [1.29, 1.82) is 0 Å². The minimum atomic E-state index is -0.947. The molecule has 8 nitrogen and oxygen atoms in total. The van der Waals surface area contributed by atoms with Gasteiger partial charge in [-0.3, -0.25) is 4.79 Å². The SMILES string of the molecule is CC(C)C(NC(=O)OCc1ccccc1)C(=O)Oc1ccc2c(=O)c(Oc3ccccc3)coc2c1. The number of hydrogen-bond acceptors (Lipinski definition) is 7. The predicted molar refractivity (Wildman–Crippen MR) is 133 cm³/mol. The number of rotatable bonds is 8. The molecule has 4 aromatic rings. The summed E-state index contributed by atoms with van der Waals surface area (Å²) in [5.74, 6) is -0.233. The first-order chi connectivity index (χ1) is 17.4. The van der Waals surface area contributed by atoms with E-state index in [0.717, 1.165) is 5.56 Å². The van der Waals surface area contributed by atoms with Gasteiger partial charge >= 0.3 is 12.1 Å². The van der Waals surface area contributed by atoms with Crippen LogP contribution in [0.1, 0.15) is 19.4 Å². The van der Waals surface area contributed by atoms with E-state index < -0.39 is 18.1 Å². The summed E-state index contributed by atoms with van der Waals surface area (Å²) in [6, 6.07) is 21.5. The number of ether oxygens (including phenoxy) is 3. The summed E-state index contributed by atoms with van der Waals surface area (Å²) >= 11 is 0. The smallest absolute Gasteiger partial charge is 0.408 e. The molecule has 36 heavy (non-hydrogen) atoms. The second-order valence-electron chi connectivity index (χ2n) is 8.35. The number of fused-ring (bicyclic) bond motifs is 1. The number of nitrogens with one attached hydrogen (secondary N) is 1. The largest absolute Gasteiger partial charge is 0.460 e. The van der Waals surface area contributed by atoms with Crippen LogP contribution in [-0.4, -0.2) is 18.1 Å². The average Bonchev–Trinajstić information content (AvgIpc) is 2.88. The van der Waals surface area contributed by atoms with Crippen molar-refractivity contribution in [3.8, 4) is 17.2 Å². The molecule has 3 aromatic carbocycles. The highest BCUT2D eigenvalue weighted by atomic mass is 16.6. The summed E-state index contributed by atoms with van der Waals surface area (Å²) in [4.78, 5) is 37.9. The summed E-state index contributed by atoms with van der Waals surface area (Å²) in [7, 11) is 0. The summed E-state index contributed by atoms with van der Waals surface area (Å²) in [6.07, 6.45) is 0.481. The van der Waals surface area contributed by atoms with E-state index in [1.807, 2.05) is 36.4 Å².